The fourth-order valence-corrected chi connectivity index (χ4v) is 2.40. The number of rotatable bonds is 7. The van der Waals surface area contributed by atoms with Gasteiger partial charge in [0.1, 0.15) is 5.75 Å². The standard InChI is InChI=1S/C17H18BrN3O2/c18-15-6-7-16(14(10-15)11-21-19)23-12-17(22)20-9-8-13-4-2-1-3-5-13/h1-7,10-11H,8-9,12,19H2,(H,20,22). The second kappa shape index (κ2) is 8.95. The molecule has 0 radical (unpaired) electrons. The van der Waals surface area contributed by atoms with Gasteiger partial charge >= 0.3 is 0 Å². The predicted molar refractivity (Wildman–Crippen MR) is 94.6 cm³/mol. The molecule has 0 aliphatic rings. The Morgan fingerprint density at radius 1 is 1.26 bits per heavy atom. The van der Waals surface area contributed by atoms with Crippen LogP contribution < -0.4 is 15.9 Å². The van der Waals surface area contributed by atoms with Crippen molar-refractivity contribution in [3.63, 3.8) is 0 Å². The third kappa shape index (κ3) is 5.75. The third-order valence-electron chi connectivity index (χ3n) is 3.12. The minimum atomic E-state index is -0.167. The summed E-state index contributed by atoms with van der Waals surface area (Å²) >= 11 is 3.37. The average Bonchev–Trinajstić information content (AvgIpc) is 2.55. The van der Waals surface area contributed by atoms with E-state index in [0.29, 0.717) is 17.9 Å². The molecule has 120 valence electrons. The molecule has 0 aliphatic heterocycles. The molecule has 2 aromatic rings. The summed E-state index contributed by atoms with van der Waals surface area (Å²) in [4.78, 5) is 11.8. The fraction of sp³-hybridized carbons (Fsp3) is 0.176. The Labute approximate surface area is 143 Å². The molecule has 0 saturated heterocycles. The summed E-state index contributed by atoms with van der Waals surface area (Å²) < 4.78 is 6.41. The minimum absolute atomic E-state index is 0.0537. The van der Waals surface area contributed by atoms with Crippen LogP contribution in [0.4, 0.5) is 0 Å². The summed E-state index contributed by atoms with van der Waals surface area (Å²) in [7, 11) is 0. The van der Waals surface area contributed by atoms with E-state index < -0.39 is 0 Å². The number of hydrazone groups is 1. The van der Waals surface area contributed by atoms with Gasteiger partial charge in [0, 0.05) is 16.6 Å². The molecule has 2 aromatic carbocycles. The third-order valence-corrected chi connectivity index (χ3v) is 3.62. The lowest BCUT2D eigenvalue weighted by atomic mass is 10.1. The molecular weight excluding hydrogens is 358 g/mol. The molecule has 23 heavy (non-hydrogen) atoms. The van der Waals surface area contributed by atoms with Crippen molar-refractivity contribution in [1.29, 1.82) is 0 Å². The second-order valence-corrected chi connectivity index (χ2v) is 5.75. The maximum atomic E-state index is 11.8. The predicted octanol–water partition coefficient (Wildman–Crippen LogP) is 2.48. The van der Waals surface area contributed by atoms with Crippen molar-refractivity contribution in [2.75, 3.05) is 13.2 Å². The van der Waals surface area contributed by atoms with Crippen LogP contribution in [0.2, 0.25) is 0 Å². The van der Waals surface area contributed by atoms with Crippen molar-refractivity contribution in [1.82, 2.24) is 5.32 Å². The van der Waals surface area contributed by atoms with Crippen LogP contribution in [0.25, 0.3) is 0 Å². The van der Waals surface area contributed by atoms with Gasteiger partial charge in [0.15, 0.2) is 6.61 Å². The maximum absolute atomic E-state index is 11.8. The number of carbonyl (C=O) groups excluding carboxylic acids is 1. The minimum Gasteiger partial charge on any atom is -0.483 e. The Bertz CT molecular complexity index is 675. The lowest BCUT2D eigenvalue weighted by Gasteiger charge is -2.10. The topological polar surface area (TPSA) is 76.7 Å². The number of nitrogens with zero attached hydrogens (tertiary/aromatic N) is 1. The zero-order valence-corrected chi connectivity index (χ0v) is 14.1. The number of carbonyl (C=O) groups is 1. The van der Waals surface area contributed by atoms with E-state index in [1.807, 2.05) is 42.5 Å². The van der Waals surface area contributed by atoms with Gasteiger partial charge in [-0.25, -0.2) is 0 Å². The quantitative estimate of drug-likeness (QED) is 0.443. The van der Waals surface area contributed by atoms with E-state index in [4.69, 9.17) is 10.6 Å². The molecule has 0 spiro atoms. The number of ether oxygens (including phenoxy) is 1. The van der Waals surface area contributed by atoms with E-state index in [2.05, 4.69) is 26.3 Å². The molecule has 0 bridgehead atoms. The normalized spacial score (nSPS) is 10.7. The number of hydrogen-bond acceptors (Lipinski definition) is 4. The summed E-state index contributed by atoms with van der Waals surface area (Å²) in [6, 6.07) is 15.4. The van der Waals surface area contributed by atoms with E-state index in [0.717, 1.165) is 10.9 Å². The fourth-order valence-electron chi connectivity index (χ4n) is 2.02. The second-order valence-electron chi connectivity index (χ2n) is 4.83. The Morgan fingerprint density at radius 3 is 2.78 bits per heavy atom. The lowest BCUT2D eigenvalue weighted by Crippen LogP contribution is -2.30. The summed E-state index contributed by atoms with van der Waals surface area (Å²) in [5.74, 6) is 5.56. The first-order chi connectivity index (χ1) is 11.2. The zero-order valence-electron chi connectivity index (χ0n) is 12.5. The molecule has 5 nitrogen and oxygen atoms in total. The molecule has 6 heteroatoms. The van der Waals surface area contributed by atoms with Crippen molar-refractivity contribution in [2.45, 2.75) is 6.42 Å². The highest BCUT2D eigenvalue weighted by molar-refractivity contribution is 9.10. The van der Waals surface area contributed by atoms with Crippen LogP contribution in [0.3, 0.4) is 0 Å². The first-order valence-electron chi connectivity index (χ1n) is 7.15. The number of halogens is 1. The highest BCUT2D eigenvalue weighted by Crippen LogP contribution is 2.21. The molecular formula is C17H18BrN3O2. The van der Waals surface area contributed by atoms with Gasteiger partial charge in [-0.05, 0) is 30.2 Å². The Morgan fingerprint density at radius 2 is 2.04 bits per heavy atom. The molecule has 0 saturated carbocycles. The van der Waals surface area contributed by atoms with Crippen LogP contribution in [-0.2, 0) is 11.2 Å². The largest absolute Gasteiger partial charge is 0.483 e. The van der Waals surface area contributed by atoms with Crippen LogP contribution >= 0.6 is 15.9 Å². The molecule has 0 atom stereocenters. The first kappa shape index (κ1) is 17.0. The SMILES string of the molecule is NN=Cc1cc(Br)ccc1OCC(=O)NCCc1ccccc1. The molecule has 0 heterocycles. The first-order valence-corrected chi connectivity index (χ1v) is 7.94. The monoisotopic (exact) mass is 375 g/mol. The van der Waals surface area contributed by atoms with Crippen molar-refractivity contribution >= 4 is 28.1 Å². The molecule has 0 aromatic heterocycles. The van der Waals surface area contributed by atoms with Crippen molar-refractivity contribution in [3.8, 4) is 5.75 Å². The molecule has 0 aliphatic carbocycles. The zero-order chi connectivity index (χ0) is 16.5. The molecule has 0 fully saturated rings. The van der Waals surface area contributed by atoms with E-state index in [1.165, 1.54) is 11.8 Å². The summed E-state index contributed by atoms with van der Waals surface area (Å²) in [5.41, 5.74) is 1.89. The number of amides is 1. The van der Waals surface area contributed by atoms with Gasteiger partial charge in [-0.2, -0.15) is 5.10 Å². The van der Waals surface area contributed by atoms with Gasteiger partial charge in [-0.3, -0.25) is 4.79 Å². The van der Waals surface area contributed by atoms with Crippen LogP contribution in [0.5, 0.6) is 5.75 Å². The van der Waals surface area contributed by atoms with E-state index in [9.17, 15) is 4.79 Å². The molecule has 0 unspecified atom stereocenters. The van der Waals surface area contributed by atoms with Crippen molar-refractivity contribution in [2.24, 2.45) is 10.9 Å². The number of nitrogens with one attached hydrogen (secondary N) is 1. The Kier molecular flexibility index (Phi) is 6.62. The van der Waals surface area contributed by atoms with Gasteiger partial charge < -0.3 is 15.9 Å². The van der Waals surface area contributed by atoms with Gasteiger partial charge in [-0.15, -0.1) is 0 Å². The van der Waals surface area contributed by atoms with E-state index in [1.54, 1.807) is 6.07 Å². The van der Waals surface area contributed by atoms with Crippen molar-refractivity contribution < 1.29 is 9.53 Å². The van der Waals surface area contributed by atoms with Crippen molar-refractivity contribution in [3.05, 3.63) is 64.1 Å². The maximum Gasteiger partial charge on any atom is 0.257 e. The van der Waals surface area contributed by atoms with Crippen LogP contribution in [0.15, 0.2) is 58.1 Å². The average molecular weight is 376 g/mol. The van der Waals surface area contributed by atoms with Crippen LogP contribution in [0.1, 0.15) is 11.1 Å². The summed E-state index contributed by atoms with van der Waals surface area (Å²) in [6.07, 6.45) is 2.27. The lowest BCUT2D eigenvalue weighted by molar-refractivity contribution is -0.123. The summed E-state index contributed by atoms with van der Waals surface area (Å²) in [5, 5.41) is 6.32. The van der Waals surface area contributed by atoms with Crippen LogP contribution in [0, 0.1) is 0 Å². The number of hydrogen-bond donors (Lipinski definition) is 2. The number of nitrogens with two attached hydrogens (primary N) is 1. The number of benzene rings is 2. The van der Waals surface area contributed by atoms with Gasteiger partial charge in [0.25, 0.3) is 5.91 Å². The Balaban J connectivity index is 1.80. The smallest absolute Gasteiger partial charge is 0.257 e. The van der Waals surface area contributed by atoms with Gasteiger partial charge in [0.2, 0.25) is 0 Å². The molecule has 3 N–H and O–H groups in total. The van der Waals surface area contributed by atoms with E-state index in [-0.39, 0.29) is 12.5 Å². The highest BCUT2D eigenvalue weighted by atomic mass is 79.9. The highest BCUT2D eigenvalue weighted by Gasteiger charge is 2.06. The Hall–Kier alpha value is -2.34. The van der Waals surface area contributed by atoms with Gasteiger partial charge in [0.05, 0.1) is 6.21 Å². The molecule has 2 rings (SSSR count). The summed E-state index contributed by atoms with van der Waals surface area (Å²) in [6.45, 7) is 0.519. The van der Waals surface area contributed by atoms with E-state index >= 15 is 0 Å². The molecule has 1 amide bonds. The van der Waals surface area contributed by atoms with Gasteiger partial charge in [-0.1, -0.05) is 46.3 Å². The van der Waals surface area contributed by atoms with Crippen LogP contribution in [-0.4, -0.2) is 25.3 Å².